The maximum Gasteiger partial charge on any atom is 0.326 e. The summed E-state index contributed by atoms with van der Waals surface area (Å²) in [6, 6.07) is -1.61. The van der Waals surface area contributed by atoms with Gasteiger partial charge in [0.2, 0.25) is 0 Å². The average molecular weight is 267 g/mol. The molecule has 0 aliphatic carbocycles. The van der Waals surface area contributed by atoms with Crippen LogP contribution < -0.4 is 16.6 Å². The fourth-order valence-electron chi connectivity index (χ4n) is 2.53. The van der Waals surface area contributed by atoms with Gasteiger partial charge in [0.25, 0.3) is 5.56 Å². The standard InChI is InChI=1S/C10H13N5O4/c1-2-7(16)8(17)5(11-2)4-3-6(15-14-4)9(18)13-10(19)12-3/h2,4-5,7-8,11,16-17H,1H3,(H2,12,13,18,19)/t2-,4?,5+,7-,8+/m0/s1. The van der Waals surface area contributed by atoms with E-state index in [1.54, 1.807) is 6.92 Å². The number of azo groups is 1. The van der Waals surface area contributed by atoms with Crippen LogP contribution in [0.3, 0.4) is 0 Å². The molecule has 2 aliphatic rings. The van der Waals surface area contributed by atoms with Gasteiger partial charge in [-0.15, -0.1) is 5.11 Å². The van der Waals surface area contributed by atoms with Crippen molar-refractivity contribution in [3.05, 3.63) is 26.5 Å². The molecule has 0 aromatic carbocycles. The molecule has 5 atom stereocenters. The molecule has 3 rings (SSSR count). The molecule has 1 fully saturated rings. The number of aromatic amines is 2. The van der Waals surface area contributed by atoms with E-state index in [-0.39, 0.29) is 17.4 Å². The molecule has 0 radical (unpaired) electrons. The van der Waals surface area contributed by atoms with E-state index in [2.05, 4.69) is 25.5 Å². The summed E-state index contributed by atoms with van der Waals surface area (Å²) < 4.78 is 0. The second-order valence-corrected chi connectivity index (χ2v) is 4.79. The molecule has 0 bridgehead atoms. The van der Waals surface area contributed by atoms with Crippen LogP contribution in [0.5, 0.6) is 0 Å². The largest absolute Gasteiger partial charge is 0.389 e. The van der Waals surface area contributed by atoms with E-state index in [4.69, 9.17) is 0 Å². The Morgan fingerprint density at radius 1 is 1.16 bits per heavy atom. The van der Waals surface area contributed by atoms with Gasteiger partial charge in [0.15, 0.2) is 5.69 Å². The summed E-state index contributed by atoms with van der Waals surface area (Å²) in [6.45, 7) is 1.72. The first-order chi connectivity index (χ1) is 8.99. The fourth-order valence-corrected chi connectivity index (χ4v) is 2.53. The quantitative estimate of drug-likeness (QED) is 0.411. The van der Waals surface area contributed by atoms with Crippen molar-refractivity contribution >= 4 is 5.69 Å². The molecule has 102 valence electrons. The summed E-state index contributed by atoms with van der Waals surface area (Å²) in [6.07, 6.45) is -1.98. The third-order valence-corrected chi connectivity index (χ3v) is 3.55. The smallest absolute Gasteiger partial charge is 0.326 e. The fraction of sp³-hybridized carbons (Fsp3) is 0.600. The number of nitrogens with zero attached hydrogens (tertiary/aromatic N) is 2. The molecular formula is C10H13N5O4. The van der Waals surface area contributed by atoms with Gasteiger partial charge in [-0.2, -0.15) is 5.11 Å². The van der Waals surface area contributed by atoms with Gasteiger partial charge >= 0.3 is 5.69 Å². The van der Waals surface area contributed by atoms with Crippen molar-refractivity contribution in [1.29, 1.82) is 0 Å². The lowest BCUT2D eigenvalue weighted by Crippen LogP contribution is -2.38. The summed E-state index contributed by atoms with van der Waals surface area (Å²) >= 11 is 0. The maximum atomic E-state index is 11.5. The van der Waals surface area contributed by atoms with Crippen molar-refractivity contribution in [3.8, 4) is 0 Å². The molecule has 1 aromatic rings. The molecule has 0 amide bonds. The van der Waals surface area contributed by atoms with Crippen LogP contribution in [0.1, 0.15) is 18.7 Å². The molecule has 1 unspecified atom stereocenters. The number of aromatic nitrogens is 2. The molecule has 9 heteroatoms. The monoisotopic (exact) mass is 267 g/mol. The predicted octanol–water partition coefficient (Wildman–Crippen LogP) is -1.72. The van der Waals surface area contributed by atoms with Crippen LogP contribution >= 0.6 is 0 Å². The first-order valence-corrected chi connectivity index (χ1v) is 5.88. The highest BCUT2D eigenvalue weighted by Crippen LogP contribution is 2.36. The van der Waals surface area contributed by atoms with Gasteiger partial charge in [0, 0.05) is 6.04 Å². The lowest BCUT2D eigenvalue weighted by molar-refractivity contribution is 0.0266. The maximum absolute atomic E-state index is 11.5. The summed E-state index contributed by atoms with van der Waals surface area (Å²) in [5, 5.41) is 30.3. The normalized spacial score (nSPS) is 36.7. The summed E-state index contributed by atoms with van der Waals surface area (Å²) in [5.74, 6) is 0. The van der Waals surface area contributed by atoms with Crippen LogP contribution in [0.4, 0.5) is 5.69 Å². The van der Waals surface area contributed by atoms with Crippen molar-refractivity contribution < 1.29 is 10.2 Å². The second-order valence-electron chi connectivity index (χ2n) is 4.79. The van der Waals surface area contributed by atoms with Crippen LogP contribution in [0.15, 0.2) is 19.8 Å². The van der Waals surface area contributed by atoms with E-state index in [9.17, 15) is 19.8 Å². The number of nitrogens with one attached hydrogen (secondary N) is 3. The summed E-state index contributed by atoms with van der Waals surface area (Å²) in [5.41, 5.74) is -0.979. The Morgan fingerprint density at radius 2 is 1.89 bits per heavy atom. The minimum Gasteiger partial charge on any atom is -0.389 e. The number of hydrogen-bond acceptors (Lipinski definition) is 7. The molecule has 1 saturated heterocycles. The number of H-pyrrole nitrogens is 2. The van der Waals surface area contributed by atoms with E-state index in [1.165, 1.54) is 0 Å². The van der Waals surface area contributed by atoms with Gasteiger partial charge < -0.3 is 20.5 Å². The highest BCUT2D eigenvalue weighted by Gasteiger charge is 2.45. The minimum atomic E-state index is -1.05. The van der Waals surface area contributed by atoms with Crippen molar-refractivity contribution in [3.63, 3.8) is 0 Å². The Hall–Kier alpha value is -1.84. The molecule has 1 aromatic heterocycles. The van der Waals surface area contributed by atoms with Crippen LogP contribution in [-0.4, -0.2) is 44.5 Å². The first kappa shape index (κ1) is 12.2. The molecular weight excluding hydrogens is 254 g/mol. The number of hydrogen-bond donors (Lipinski definition) is 5. The Kier molecular flexibility index (Phi) is 2.62. The Morgan fingerprint density at radius 3 is 2.53 bits per heavy atom. The zero-order valence-corrected chi connectivity index (χ0v) is 9.99. The molecule has 9 nitrogen and oxygen atoms in total. The van der Waals surface area contributed by atoms with Gasteiger partial charge in [-0.3, -0.25) is 9.78 Å². The highest BCUT2D eigenvalue weighted by molar-refractivity contribution is 5.44. The van der Waals surface area contributed by atoms with Gasteiger partial charge in [-0.05, 0) is 6.92 Å². The topological polar surface area (TPSA) is 143 Å². The highest BCUT2D eigenvalue weighted by atomic mass is 16.3. The first-order valence-electron chi connectivity index (χ1n) is 5.88. The van der Waals surface area contributed by atoms with Crippen molar-refractivity contribution in [2.45, 2.75) is 37.3 Å². The number of aliphatic hydroxyl groups is 2. The molecule has 2 aliphatic heterocycles. The zero-order valence-electron chi connectivity index (χ0n) is 9.99. The second kappa shape index (κ2) is 4.08. The summed E-state index contributed by atoms with van der Waals surface area (Å²) in [7, 11) is 0. The Labute approximate surface area is 106 Å². The molecule has 19 heavy (non-hydrogen) atoms. The third-order valence-electron chi connectivity index (χ3n) is 3.55. The van der Waals surface area contributed by atoms with Crippen molar-refractivity contribution in [2.75, 3.05) is 0 Å². The van der Waals surface area contributed by atoms with Gasteiger partial charge in [-0.25, -0.2) is 4.79 Å². The minimum absolute atomic E-state index is 0.0349. The van der Waals surface area contributed by atoms with Crippen molar-refractivity contribution in [2.24, 2.45) is 10.2 Å². The lowest BCUT2D eigenvalue weighted by Gasteiger charge is -2.19. The number of fused-ring (bicyclic) bond motifs is 1. The van der Waals surface area contributed by atoms with E-state index in [0.717, 1.165) is 0 Å². The van der Waals surface area contributed by atoms with Crippen molar-refractivity contribution in [1.82, 2.24) is 15.3 Å². The summed E-state index contributed by atoms with van der Waals surface area (Å²) in [4.78, 5) is 27.4. The molecule has 0 saturated carbocycles. The number of aliphatic hydroxyl groups excluding tert-OH is 2. The Balaban J connectivity index is 2.02. The predicted molar refractivity (Wildman–Crippen MR) is 63.3 cm³/mol. The van der Waals surface area contributed by atoms with Crippen LogP contribution in [0, 0.1) is 0 Å². The van der Waals surface area contributed by atoms with E-state index < -0.39 is 35.5 Å². The van der Waals surface area contributed by atoms with E-state index in [1.807, 2.05) is 0 Å². The molecule has 3 heterocycles. The lowest BCUT2D eigenvalue weighted by atomic mass is 10.00. The van der Waals surface area contributed by atoms with Crippen LogP contribution in [0.2, 0.25) is 0 Å². The van der Waals surface area contributed by atoms with Gasteiger partial charge in [-0.1, -0.05) is 0 Å². The number of rotatable bonds is 1. The molecule has 5 N–H and O–H groups in total. The van der Waals surface area contributed by atoms with Gasteiger partial charge in [0.05, 0.1) is 23.9 Å². The SMILES string of the molecule is C[C@@H]1N[C@H](C2N=Nc3c2[nH]c(=O)[nH]c3=O)[C@@H](O)[C@H]1O. The third kappa shape index (κ3) is 1.74. The zero-order chi connectivity index (χ0) is 13.7. The average Bonchev–Trinajstić information content (AvgIpc) is 2.86. The molecule has 0 spiro atoms. The Bertz CT molecular complexity index is 650. The van der Waals surface area contributed by atoms with Crippen LogP contribution in [0.25, 0.3) is 0 Å². The van der Waals surface area contributed by atoms with E-state index >= 15 is 0 Å². The van der Waals surface area contributed by atoms with E-state index in [0.29, 0.717) is 0 Å². The van der Waals surface area contributed by atoms with Crippen LogP contribution in [-0.2, 0) is 0 Å². The van der Waals surface area contributed by atoms with Gasteiger partial charge in [0.1, 0.15) is 6.04 Å².